The van der Waals surface area contributed by atoms with E-state index in [9.17, 15) is 146 Å². The van der Waals surface area contributed by atoms with Crippen LogP contribution in [0.2, 0.25) is 0 Å². The third-order valence-electron chi connectivity index (χ3n) is 17.7. The lowest BCUT2D eigenvalue weighted by Crippen LogP contribution is -2.62. The lowest BCUT2D eigenvalue weighted by Gasteiger charge is -2.28. The van der Waals surface area contributed by atoms with Gasteiger partial charge in [0.05, 0.1) is 82.9 Å². The maximum atomic E-state index is 14.5. The topological polar surface area (TPSA) is 961 Å². The van der Waals surface area contributed by atoms with Gasteiger partial charge in [0.25, 0.3) is 0 Å². The third-order valence-corrected chi connectivity index (χ3v) is 17.7. The van der Waals surface area contributed by atoms with Gasteiger partial charge in [-0.1, -0.05) is 13.8 Å². The van der Waals surface area contributed by atoms with Crippen molar-refractivity contribution in [1.82, 2.24) is 111 Å². The van der Waals surface area contributed by atoms with Crippen molar-refractivity contribution >= 4 is 142 Å². The summed E-state index contributed by atoms with van der Waals surface area (Å²) in [7, 11) is 0. The molecule has 0 aromatic carbocycles. The lowest BCUT2D eigenvalue weighted by molar-refractivity contribution is -0.142. The Hall–Kier alpha value is -14.1. The van der Waals surface area contributed by atoms with Crippen LogP contribution in [0.3, 0.4) is 0 Å². The van der Waals surface area contributed by atoms with Crippen molar-refractivity contribution in [2.45, 2.75) is 215 Å². The number of nitrogens with zero attached hydrogens (tertiary/aromatic N) is 1. The molecule has 0 bridgehead atoms. The Morgan fingerprint density at radius 1 is 0.375 bits per heavy atom. The number of aromatic amines is 1. The molecule has 1 aromatic rings. The van der Waals surface area contributed by atoms with E-state index >= 15 is 0 Å². The Morgan fingerprint density at radius 2 is 0.719 bits per heavy atom. The lowest BCUT2D eigenvalue weighted by atomic mass is 10.0. The second-order valence-corrected chi connectivity index (χ2v) is 28.9. The van der Waals surface area contributed by atoms with Crippen molar-refractivity contribution < 1.29 is 157 Å². The predicted molar refractivity (Wildman–Crippen MR) is 431 cm³/mol. The summed E-state index contributed by atoms with van der Waals surface area (Å²) in [5.41, 5.74) is 16.5. The maximum Gasteiger partial charge on any atom is 0.325 e. The molecular weight excluding hydrogens is 1720 g/mol. The van der Waals surface area contributed by atoms with Crippen LogP contribution in [0.4, 0.5) is 0 Å². The van der Waals surface area contributed by atoms with Crippen molar-refractivity contribution in [3.63, 3.8) is 0 Å². The zero-order chi connectivity index (χ0) is 97.5. The molecule has 128 heavy (non-hydrogen) atoms. The molecule has 0 radical (unpaired) electrons. The standard InChI is InChI=1S/C70H114N26O32/c1-28(2)15-38(61(120)88-37(11-12-48(104)105)60(119)93-44(25-99)65(124)95-43(24-98)64(123)91-41(19-51(110)111)57(116)80-22-47(103)85-40(18-50(108)109)56(115)79-21-46(102)82-31(5)68(127)128)89-59(118)36(10-8-14-78-70(74)75)87-63(122)42(23-97)94-62(121)39(16-33-20-76-27-81-33)90-58(117)35(9-7-13-77-69(72)73)86-54(113)30(4)83-53(112)29(3)84-67(126)52(32(6)101)96-66(125)45(26-100)92-55(114)34(71)17-49(106)107/h20,27-32,34-45,52,97-101H,7-19,21-26,71H2,1-6H3,(H,76,81)(H,79,115)(H,80,116)(H,82,102)(H,83,112)(H,84,126)(H,85,103)(H,86,113)(H,87,122)(H,88,120)(H,89,118)(H,90,117)(H,91,123)(H,92,114)(H,93,119)(H,94,121)(H,95,124)(H,96,125)(H,104,105)(H,106,107)(H,108,109)(H,110,111)(H,127,128)(H4,72,73,77)(H4,74,75,78)/t29-,30-,31-,32+,34-,35-,36-,37-,38-,39-,40-,41-,42-,43-,44-,45-,52-/m0/s1. The van der Waals surface area contributed by atoms with E-state index in [-0.39, 0.29) is 44.5 Å². The predicted octanol–water partition coefficient (Wildman–Crippen LogP) is -16.9. The molecule has 0 fully saturated rings. The number of carboxylic acids is 5. The number of guanidine groups is 2. The molecule has 1 heterocycles. The molecule has 0 aliphatic carbocycles. The van der Waals surface area contributed by atoms with Crippen molar-refractivity contribution in [2.24, 2.45) is 23.1 Å². The highest BCUT2D eigenvalue weighted by Gasteiger charge is 2.39. The van der Waals surface area contributed by atoms with Crippen LogP contribution in [-0.2, 0) is 112 Å². The average molecular weight is 1830 g/mol. The smallest absolute Gasteiger partial charge is 0.325 e. The Kier molecular flexibility index (Phi) is 50.1. The fourth-order valence-electron chi connectivity index (χ4n) is 10.8. The van der Waals surface area contributed by atoms with Crippen molar-refractivity contribution in [1.29, 1.82) is 10.8 Å². The zero-order valence-electron chi connectivity index (χ0n) is 70.1. The van der Waals surface area contributed by atoms with Gasteiger partial charge in [0.15, 0.2) is 11.9 Å². The van der Waals surface area contributed by atoms with Crippen LogP contribution in [0.25, 0.3) is 0 Å². The van der Waals surface area contributed by atoms with E-state index < -0.39 is 335 Å². The molecule has 17 atom stereocenters. The molecule has 58 nitrogen and oxygen atoms in total. The summed E-state index contributed by atoms with van der Waals surface area (Å²) < 4.78 is 0. The first-order valence-corrected chi connectivity index (χ1v) is 39.1. The van der Waals surface area contributed by atoms with Gasteiger partial charge in [0.2, 0.25) is 100 Å². The normalized spacial score (nSPS) is 14.9. The number of aliphatic hydroxyl groups is 5. The fourth-order valence-corrected chi connectivity index (χ4v) is 10.8. The second-order valence-electron chi connectivity index (χ2n) is 28.9. The highest BCUT2D eigenvalue weighted by atomic mass is 16.4. The van der Waals surface area contributed by atoms with Crippen molar-refractivity contribution in [3.8, 4) is 0 Å². The van der Waals surface area contributed by atoms with Crippen LogP contribution in [0, 0.1) is 16.7 Å². The quantitative estimate of drug-likeness (QED) is 0.0164. The molecule has 0 aliphatic rings. The summed E-state index contributed by atoms with van der Waals surface area (Å²) >= 11 is 0. The molecule has 0 spiro atoms. The van der Waals surface area contributed by atoms with Crippen LogP contribution in [0.15, 0.2) is 12.5 Å². The molecule has 716 valence electrons. The number of aromatic nitrogens is 2. The Labute approximate surface area is 727 Å². The van der Waals surface area contributed by atoms with Gasteiger partial charge >= 0.3 is 29.8 Å². The van der Waals surface area contributed by atoms with E-state index in [0.29, 0.717) is 0 Å². The summed E-state index contributed by atoms with van der Waals surface area (Å²) in [6.07, 6.45) is -5.84. The van der Waals surface area contributed by atoms with E-state index in [2.05, 4.69) is 68.5 Å². The molecular formula is C70H114N26O32. The number of carbonyl (C=O) groups is 22. The Balaban J connectivity index is 3.55. The van der Waals surface area contributed by atoms with Gasteiger partial charge in [0, 0.05) is 32.1 Å². The first-order chi connectivity index (χ1) is 59.9. The van der Waals surface area contributed by atoms with Gasteiger partial charge in [-0.25, -0.2) is 4.98 Å². The zero-order valence-corrected chi connectivity index (χ0v) is 70.1. The largest absolute Gasteiger partial charge is 0.481 e. The fraction of sp³-hybridized carbons (Fsp3) is 0.614. The van der Waals surface area contributed by atoms with E-state index in [1.165, 1.54) is 12.5 Å². The molecule has 17 amide bonds. The monoisotopic (exact) mass is 1830 g/mol. The number of hydrogen-bond acceptors (Lipinski definition) is 31. The van der Waals surface area contributed by atoms with E-state index in [1.807, 2.05) is 42.5 Å². The maximum absolute atomic E-state index is 14.5. The van der Waals surface area contributed by atoms with Gasteiger partial charge < -0.3 is 174 Å². The minimum absolute atomic E-state index is 0.0426. The summed E-state index contributed by atoms with van der Waals surface area (Å²) in [5.74, 6) is -30.9. The van der Waals surface area contributed by atoms with Gasteiger partial charge in [0.1, 0.15) is 90.6 Å². The number of hydrogen-bond donors (Lipinski definition) is 35. The number of amides is 17. The second kappa shape index (κ2) is 57.4. The van der Waals surface area contributed by atoms with Crippen LogP contribution in [0.5, 0.6) is 0 Å². The first kappa shape index (κ1) is 112. The number of carboxylic acid groups (broad SMARTS) is 5. The third kappa shape index (κ3) is 43.5. The van der Waals surface area contributed by atoms with Gasteiger partial charge in [-0.15, -0.1) is 0 Å². The van der Waals surface area contributed by atoms with Crippen molar-refractivity contribution in [2.75, 3.05) is 52.6 Å². The average Bonchev–Trinajstić information content (AvgIpc) is 1.39. The molecule has 0 aliphatic heterocycles. The number of carbonyl (C=O) groups excluding carboxylic acids is 17. The number of nitrogens with two attached hydrogens (primary N) is 3. The highest BCUT2D eigenvalue weighted by molar-refractivity contribution is 6.02. The number of H-pyrrole nitrogens is 1. The Bertz CT molecular complexity index is 4080. The van der Waals surface area contributed by atoms with Gasteiger partial charge in [-0.3, -0.25) is 116 Å². The summed E-state index contributed by atoms with van der Waals surface area (Å²) in [5, 5.41) is 154. The highest BCUT2D eigenvalue weighted by Crippen LogP contribution is 2.12. The SMILES string of the molecule is CC(C)C[C@H](NC(=O)[C@H](CCCNC(=N)N)NC(=O)[C@H](CO)NC(=O)[C@H](Cc1c[nH]cn1)NC(=O)[C@H](CCCNC(=N)N)NC(=O)[C@H](C)NC(=O)[C@H](C)NC(=O)[C@@H](NC(=O)[C@H](CO)NC(=O)[C@@H](N)CC(=O)O)[C@@H](C)O)C(=O)N[C@@H](CCC(=O)O)C(=O)N[C@@H](CO)C(=O)N[C@@H](CO)C(=O)N[C@@H](CC(=O)O)C(=O)NCC(=O)N[C@@H](CC(=O)O)C(=O)NCC(=O)N[C@@H](C)C(=O)O. The Morgan fingerprint density at radius 3 is 1.11 bits per heavy atom. The van der Waals surface area contributed by atoms with Crippen LogP contribution >= 0.6 is 0 Å². The first-order valence-electron chi connectivity index (χ1n) is 39.1. The number of imidazole rings is 1. The molecule has 38 N–H and O–H groups in total. The number of rotatable bonds is 61. The van der Waals surface area contributed by atoms with E-state index in [4.69, 9.17) is 38.2 Å². The number of aliphatic carboxylic acids is 5. The van der Waals surface area contributed by atoms with Crippen LogP contribution < -0.4 is 118 Å². The number of aliphatic hydroxyl groups excluding tert-OH is 5. The minimum atomic E-state index is -2.18. The van der Waals surface area contributed by atoms with Gasteiger partial charge in [-0.2, -0.15) is 0 Å². The summed E-state index contributed by atoms with van der Waals surface area (Å²) in [6, 6.07) is -29.3. The summed E-state index contributed by atoms with van der Waals surface area (Å²) in [6.45, 7) is 0.161. The minimum Gasteiger partial charge on any atom is -0.481 e. The van der Waals surface area contributed by atoms with E-state index in [1.54, 1.807) is 13.8 Å². The van der Waals surface area contributed by atoms with E-state index in [0.717, 1.165) is 27.7 Å². The molecule has 1 aromatic heterocycles. The molecule has 58 heteroatoms. The molecule has 0 saturated carbocycles. The van der Waals surface area contributed by atoms with Crippen LogP contribution in [-0.4, -0.2) is 359 Å². The summed E-state index contributed by atoms with van der Waals surface area (Å²) in [4.78, 5) is 294. The van der Waals surface area contributed by atoms with Gasteiger partial charge in [-0.05, 0) is 72.1 Å². The number of nitrogens with one attached hydrogen (secondary N) is 22. The molecule has 0 saturated heterocycles. The molecule has 0 unspecified atom stereocenters. The molecule has 1 rings (SSSR count). The van der Waals surface area contributed by atoms with Crippen LogP contribution in [0.1, 0.15) is 111 Å². The van der Waals surface area contributed by atoms with Crippen molar-refractivity contribution in [3.05, 3.63) is 18.2 Å².